The lowest BCUT2D eigenvalue weighted by Crippen LogP contribution is -2.40. The number of hydrogen-bond donors (Lipinski definition) is 2. The summed E-state index contributed by atoms with van der Waals surface area (Å²) in [7, 11) is 4.04. The van der Waals surface area contributed by atoms with Crippen LogP contribution in [0.15, 0.2) is 30.5 Å². The fourth-order valence-corrected chi connectivity index (χ4v) is 3.75. The van der Waals surface area contributed by atoms with Gasteiger partial charge < -0.3 is 15.5 Å². The Labute approximate surface area is 182 Å². The number of benzene rings is 1. The fourth-order valence-electron chi connectivity index (χ4n) is 3.57. The fraction of sp³-hybridized carbons (Fsp3) is 0.429. The molecule has 0 aliphatic heterocycles. The molecule has 0 bridgehead atoms. The van der Waals surface area contributed by atoms with E-state index in [9.17, 15) is 9.18 Å². The first-order valence-electron chi connectivity index (χ1n) is 9.50. The van der Waals surface area contributed by atoms with Crippen molar-refractivity contribution in [3.63, 3.8) is 0 Å². The number of amides is 1. The largest absolute Gasteiger partial charge is 0.377 e. The molecule has 1 saturated carbocycles. The monoisotopic (exact) mass is 440 g/mol. The van der Waals surface area contributed by atoms with Crippen LogP contribution in [0.1, 0.15) is 41.6 Å². The Morgan fingerprint density at radius 1 is 1.17 bits per heavy atom. The minimum Gasteiger partial charge on any atom is -0.377 e. The average Bonchev–Trinajstić information content (AvgIpc) is 2.66. The molecule has 1 aliphatic rings. The Balaban J connectivity index is 0.00000300. The van der Waals surface area contributed by atoms with Crippen molar-refractivity contribution >= 4 is 41.4 Å². The van der Waals surface area contributed by atoms with E-state index in [0.717, 1.165) is 42.8 Å². The number of nitrogens with one attached hydrogen (secondary N) is 2. The first kappa shape index (κ1) is 23.2. The van der Waals surface area contributed by atoms with E-state index in [4.69, 9.17) is 11.6 Å². The number of aryl methyl sites for hydroxylation is 1. The maximum atomic E-state index is 13.3. The second kappa shape index (κ2) is 10.1. The van der Waals surface area contributed by atoms with Crippen molar-refractivity contribution in [1.82, 2.24) is 10.3 Å². The lowest BCUT2D eigenvalue weighted by atomic mass is 9.91. The molecule has 2 N–H and O–H groups in total. The quantitative estimate of drug-likeness (QED) is 0.699. The normalized spacial score (nSPS) is 18.5. The third-order valence-electron chi connectivity index (χ3n) is 5.15. The van der Waals surface area contributed by atoms with Gasteiger partial charge in [-0.2, -0.15) is 0 Å². The molecule has 0 spiro atoms. The first-order chi connectivity index (χ1) is 13.3. The van der Waals surface area contributed by atoms with Crippen molar-refractivity contribution in [3.05, 3.63) is 52.4 Å². The number of hydrogen-bond acceptors (Lipinski definition) is 4. The highest BCUT2D eigenvalue weighted by Gasteiger charge is 2.23. The summed E-state index contributed by atoms with van der Waals surface area (Å²) in [5, 5.41) is 6.50. The van der Waals surface area contributed by atoms with E-state index in [1.54, 1.807) is 0 Å². The second-order valence-corrected chi connectivity index (χ2v) is 7.95. The zero-order chi connectivity index (χ0) is 20.3. The predicted molar refractivity (Wildman–Crippen MR) is 119 cm³/mol. The molecule has 0 radical (unpaired) electrons. The molecule has 5 nitrogen and oxygen atoms in total. The van der Waals surface area contributed by atoms with Gasteiger partial charge in [-0.1, -0.05) is 11.6 Å². The molecule has 1 amide bonds. The van der Waals surface area contributed by atoms with Crippen LogP contribution in [-0.2, 0) is 0 Å². The van der Waals surface area contributed by atoms with Crippen molar-refractivity contribution in [1.29, 1.82) is 0 Å². The Morgan fingerprint density at radius 3 is 2.45 bits per heavy atom. The van der Waals surface area contributed by atoms with Gasteiger partial charge in [0.25, 0.3) is 5.91 Å². The molecule has 1 aromatic carbocycles. The molecule has 0 atom stereocenters. The highest BCUT2D eigenvalue weighted by Crippen LogP contribution is 2.25. The summed E-state index contributed by atoms with van der Waals surface area (Å²) < 4.78 is 13.3. The Hall–Kier alpha value is -2.05. The highest BCUT2D eigenvalue weighted by atomic mass is 35.5. The van der Waals surface area contributed by atoms with Gasteiger partial charge in [-0.15, -0.1) is 12.4 Å². The van der Waals surface area contributed by atoms with Crippen LogP contribution in [-0.4, -0.2) is 37.1 Å². The van der Waals surface area contributed by atoms with E-state index in [1.165, 1.54) is 18.2 Å². The molecular formula is C21H27Cl2FN4O. The maximum absolute atomic E-state index is 13.3. The Morgan fingerprint density at radius 2 is 1.83 bits per heavy atom. The van der Waals surface area contributed by atoms with Crippen molar-refractivity contribution in [3.8, 4) is 0 Å². The second-order valence-electron chi connectivity index (χ2n) is 7.55. The van der Waals surface area contributed by atoms with Gasteiger partial charge in [0.15, 0.2) is 0 Å². The van der Waals surface area contributed by atoms with Crippen LogP contribution in [0, 0.1) is 12.7 Å². The summed E-state index contributed by atoms with van der Waals surface area (Å²) in [6.45, 7) is 2.05. The maximum Gasteiger partial charge on any atom is 0.251 e. The van der Waals surface area contributed by atoms with Gasteiger partial charge in [-0.3, -0.25) is 4.79 Å². The molecule has 8 heteroatoms. The van der Waals surface area contributed by atoms with E-state index in [0.29, 0.717) is 11.6 Å². The number of nitrogens with zero attached hydrogens (tertiary/aromatic N) is 2. The van der Waals surface area contributed by atoms with Crippen LogP contribution >= 0.6 is 24.0 Å². The zero-order valence-electron chi connectivity index (χ0n) is 16.8. The average molecular weight is 441 g/mol. The topological polar surface area (TPSA) is 57.3 Å². The van der Waals surface area contributed by atoms with E-state index in [-0.39, 0.29) is 29.4 Å². The van der Waals surface area contributed by atoms with Gasteiger partial charge in [-0.25, -0.2) is 9.37 Å². The number of pyridine rings is 1. The number of anilines is 2. The predicted octanol–water partition coefficient (Wildman–Crippen LogP) is 4.82. The van der Waals surface area contributed by atoms with Gasteiger partial charge in [0.1, 0.15) is 11.6 Å². The molecule has 1 aliphatic carbocycles. The van der Waals surface area contributed by atoms with Gasteiger partial charge in [0.05, 0.1) is 5.02 Å². The number of rotatable bonds is 5. The molecule has 2 aromatic rings. The Bertz CT molecular complexity index is 855. The summed E-state index contributed by atoms with van der Waals surface area (Å²) in [4.78, 5) is 18.9. The molecule has 0 unspecified atom stereocenters. The van der Waals surface area contributed by atoms with E-state index in [1.807, 2.05) is 27.2 Å². The molecule has 1 heterocycles. The number of halogens is 3. The number of carbonyl (C=O) groups is 1. The van der Waals surface area contributed by atoms with Crippen molar-refractivity contribution in [2.24, 2.45) is 0 Å². The Kier molecular flexibility index (Phi) is 8.11. The molecule has 3 rings (SSSR count). The van der Waals surface area contributed by atoms with Gasteiger partial charge in [0.2, 0.25) is 0 Å². The molecule has 29 heavy (non-hydrogen) atoms. The van der Waals surface area contributed by atoms with Crippen LogP contribution < -0.4 is 15.5 Å². The van der Waals surface area contributed by atoms with Gasteiger partial charge >= 0.3 is 0 Å². The van der Waals surface area contributed by atoms with Crippen molar-refractivity contribution < 1.29 is 9.18 Å². The molecular weight excluding hydrogens is 414 g/mol. The van der Waals surface area contributed by atoms with Crippen LogP contribution in [0.3, 0.4) is 0 Å². The lowest BCUT2D eigenvalue weighted by molar-refractivity contribution is 0.0926. The number of carbonyl (C=O) groups excluding carboxylic acids is 1. The molecule has 0 saturated heterocycles. The summed E-state index contributed by atoms with van der Waals surface area (Å²) in [6, 6.07) is 6.55. The van der Waals surface area contributed by atoms with Gasteiger partial charge in [0, 0.05) is 49.7 Å². The third-order valence-corrected chi connectivity index (χ3v) is 5.44. The number of aromatic nitrogens is 1. The first-order valence-corrected chi connectivity index (χ1v) is 9.87. The lowest BCUT2D eigenvalue weighted by Gasteiger charge is -2.30. The standard InChI is InChI=1S/C21H26ClFN4O.ClH/c1-13-12-24-20(11-19(13)27(2)3)25-15-5-7-16(8-6-15)26-21(28)14-4-9-18(23)17(22)10-14;/h4,9-12,15-16H,5-8H2,1-3H3,(H,24,25)(H,26,28);1H. The zero-order valence-corrected chi connectivity index (χ0v) is 18.4. The minimum atomic E-state index is -0.521. The molecule has 158 valence electrons. The van der Waals surface area contributed by atoms with Crippen molar-refractivity contribution in [2.75, 3.05) is 24.3 Å². The van der Waals surface area contributed by atoms with Crippen molar-refractivity contribution in [2.45, 2.75) is 44.7 Å². The van der Waals surface area contributed by atoms with E-state index in [2.05, 4.69) is 26.6 Å². The summed E-state index contributed by atoms with van der Waals surface area (Å²) >= 11 is 5.76. The van der Waals surface area contributed by atoms with Crippen LogP contribution in [0.4, 0.5) is 15.9 Å². The van der Waals surface area contributed by atoms with E-state index >= 15 is 0 Å². The van der Waals surface area contributed by atoms with Crippen LogP contribution in [0.2, 0.25) is 5.02 Å². The summed E-state index contributed by atoms with van der Waals surface area (Å²) in [6.07, 6.45) is 5.54. The smallest absolute Gasteiger partial charge is 0.251 e. The highest BCUT2D eigenvalue weighted by molar-refractivity contribution is 6.31. The molecule has 1 aromatic heterocycles. The van der Waals surface area contributed by atoms with Crippen LogP contribution in [0.5, 0.6) is 0 Å². The minimum absolute atomic E-state index is 0. The van der Waals surface area contributed by atoms with Crippen LogP contribution in [0.25, 0.3) is 0 Å². The summed E-state index contributed by atoms with van der Waals surface area (Å²) in [5.74, 6) is 0.142. The van der Waals surface area contributed by atoms with Gasteiger partial charge in [-0.05, 0) is 56.4 Å². The third kappa shape index (κ3) is 5.97. The van der Waals surface area contributed by atoms with E-state index < -0.39 is 5.82 Å². The summed E-state index contributed by atoms with van der Waals surface area (Å²) in [5.41, 5.74) is 2.67. The SMILES string of the molecule is Cc1cnc(NC2CCC(NC(=O)c3ccc(F)c(Cl)c3)CC2)cc1N(C)C.Cl. The molecule has 1 fully saturated rings.